The lowest BCUT2D eigenvalue weighted by Gasteiger charge is -2.22. The van der Waals surface area contributed by atoms with E-state index >= 15 is 0 Å². The predicted octanol–water partition coefficient (Wildman–Crippen LogP) is 1.27. The first-order chi connectivity index (χ1) is 11.0. The van der Waals surface area contributed by atoms with Crippen LogP contribution in [0.15, 0.2) is 18.2 Å². The average molecular weight is 319 g/mol. The van der Waals surface area contributed by atoms with Gasteiger partial charge in [-0.2, -0.15) is 0 Å². The van der Waals surface area contributed by atoms with Gasteiger partial charge in [-0.05, 0) is 26.0 Å². The van der Waals surface area contributed by atoms with Crippen LogP contribution in [0.3, 0.4) is 0 Å². The number of nitrogens with one attached hydrogen (secondary N) is 2. The van der Waals surface area contributed by atoms with Crippen molar-refractivity contribution in [2.24, 2.45) is 0 Å². The number of rotatable bonds is 3. The quantitative estimate of drug-likeness (QED) is 0.879. The smallest absolute Gasteiger partial charge is 0.315 e. The number of hydrogen-bond acceptors (Lipinski definition) is 4. The molecule has 0 spiro atoms. The lowest BCUT2D eigenvalue weighted by Crippen LogP contribution is -2.45. The van der Waals surface area contributed by atoms with Crippen molar-refractivity contribution in [3.05, 3.63) is 18.2 Å². The molecule has 2 N–H and O–H groups in total. The fraction of sp³-hybridized carbons (Fsp3) is 0.500. The van der Waals surface area contributed by atoms with Crippen molar-refractivity contribution >= 4 is 17.6 Å². The minimum absolute atomic E-state index is 0.0171. The summed E-state index contributed by atoms with van der Waals surface area (Å²) in [6, 6.07) is 5.06. The van der Waals surface area contributed by atoms with Crippen molar-refractivity contribution in [1.29, 1.82) is 0 Å². The van der Waals surface area contributed by atoms with Crippen LogP contribution in [0.25, 0.3) is 0 Å². The standard InChI is InChI=1S/C16H21N3O4/c1-10(2)17-16(21)18-11-7-15(20)19(9-11)12-3-4-13-14(8-12)23-6-5-22-13/h3-4,8,10-11H,5-7,9H2,1-2H3,(H2,17,18,21)/t11-/m0/s1. The summed E-state index contributed by atoms with van der Waals surface area (Å²) in [7, 11) is 0. The van der Waals surface area contributed by atoms with E-state index in [1.165, 1.54) is 0 Å². The van der Waals surface area contributed by atoms with E-state index in [0.717, 1.165) is 5.69 Å². The lowest BCUT2D eigenvalue weighted by atomic mass is 10.2. The number of amides is 3. The molecular weight excluding hydrogens is 298 g/mol. The highest BCUT2D eigenvalue weighted by Gasteiger charge is 2.32. The Morgan fingerprint density at radius 1 is 1.26 bits per heavy atom. The normalized spacial score (nSPS) is 19.9. The lowest BCUT2D eigenvalue weighted by molar-refractivity contribution is -0.117. The summed E-state index contributed by atoms with van der Waals surface area (Å²) in [5, 5.41) is 5.60. The fourth-order valence-electron chi connectivity index (χ4n) is 2.74. The van der Waals surface area contributed by atoms with Gasteiger partial charge in [0.25, 0.3) is 0 Å². The van der Waals surface area contributed by atoms with Crippen LogP contribution in [0, 0.1) is 0 Å². The number of carbonyl (C=O) groups excluding carboxylic acids is 2. The first-order valence-electron chi connectivity index (χ1n) is 7.80. The molecule has 2 heterocycles. The molecule has 7 nitrogen and oxygen atoms in total. The van der Waals surface area contributed by atoms with Crippen molar-refractivity contribution in [3.8, 4) is 11.5 Å². The van der Waals surface area contributed by atoms with Gasteiger partial charge in [0, 0.05) is 30.8 Å². The monoisotopic (exact) mass is 319 g/mol. The molecule has 1 aromatic carbocycles. The maximum Gasteiger partial charge on any atom is 0.315 e. The van der Waals surface area contributed by atoms with Crippen LogP contribution in [-0.2, 0) is 4.79 Å². The Bertz CT molecular complexity index is 617. The van der Waals surface area contributed by atoms with Gasteiger partial charge in [0.15, 0.2) is 11.5 Å². The third-order valence-electron chi connectivity index (χ3n) is 3.72. The van der Waals surface area contributed by atoms with E-state index in [9.17, 15) is 9.59 Å². The van der Waals surface area contributed by atoms with Gasteiger partial charge in [-0.1, -0.05) is 0 Å². The second kappa shape index (κ2) is 6.36. The average Bonchev–Trinajstić information content (AvgIpc) is 2.86. The summed E-state index contributed by atoms with van der Waals surface area (Å²) in [4.78, 5) is 25.7. The molecular formula is C16H21N3O4. The maximum atomic E-state index is 12.2. The zero-order chi connectivity index (χ0) is 16.4. The van der Waals surface area contributed by atoms with E-state index in [0.29, 0.717) is 37.7 Å². The van der Waals surface area contributed by atoms with Gasteiger partial charge in [-0.25, -0.2) is 4.79 Å². The fourth-order valence-corrected chi connectivity index (χ4v) is 2.74. The highest BCUT2D eigenvalue weighted by molar-refractivity contribution is 5.97. The van der Waals surface area contributed by atoms with Crippen molar-refractivity contribution in [2.45, 2.75) is 32.4 Å². The largest absolute Gasteiger partial charge is 0.486 e. The topological polar surface area (TPSA) is 79.9 Å². The van der Waals surface area contributed by atoms with Gasteiger partial charge < -0.3 is 25.0 Å². The van der Waals surface area contributed by atoms with Gasteiger partial charge in [0.2, 0.25) is 5.91 Å². The Balaban J connectivity index is 1.67. The van der Waals surface area contributed by atoms with Gasteiger partial charge in [-0.3, -0.25) is 4.79 Å². The van der Waals surface area contributed by atoms with Crippen LogP contribution < -0.4 is 25.0 Å². The Labute approximate surface area is 134 Å². The number of hydrogen-bond donors (Lipinski definition) is 2. The van der Waals surface area contributed by atoms with E-state index in [2.05, 4.69) is 10.6 Å². The first-order valence-corrected chi connectivity index (χ1v) is 7.80. The van der Waals surface area contributed by atoms with E-state index in [-0.39, 0.29) is 24.0 Å². The summed E-state index contributed by atoms with van der Waals surface area (Å²) in [6.07, 6.45) is 0.292. The highest BCUT2D eigenvalue weighted by atomic mass is 16.6. The van der Waals surface area contributed by atoms with Crippen LogP contribution in [0.2, 0.25) is 0 Å². The molecule has 1 aromatic rings. The number of urea groups is 1. The van der Waals surface area contributed by atoms with Gasteiger partial charge >= 0.3 is 6.03 Å². The SMILES string of the molecule is CC(C)NC(=O)N[C@H]1CC(=O)N(c2ccc3c(c2)OCCO3)C1. The van der Waals surface area contributed by atoms with Crippen molar-refractivity contribution in [3.63, 3.8) is 0 Å². The zero-order valence-corrected chi connectivity index (χ0v) is 13.3. The maximum absolute atomic E-state index is 12.2. The minimum atomic E-state index is -0.248. The molecule has 0 unspecified atom stereocenters. The molecule has 0 aromatic heterocycles. The molecule has 124 valence electrons. The molecule has 1 fully saturated rings. The molecule has 23 heavy (non-hydrogen) atoms. The summed E-state index contributed by atoms with van der Waals surface area (Å²) in [5.41, 5.74) is 0.757. The molecule has 0 radical (unpaired) electrons. The second-order valence-electron chi connectivity index (χ2n) is 6.01. The van der Waals surface area contributed by atoms with E-state index in [4.69, 9.17) is 9.47 Å². The van der Waals surface area contributed by atoms with E-state index in [1.807, 2.05) is 32.0 Å². The molecule has 0 bridgehead atoms. The van der Waals surface area contributed by atoms with Gasteiger partial charge in [0.05, 0.1) is 6.04 Å². The number of fused-ring (bicyclic) bond motifs is 1. The molecule has 1 saturated heterocycles. The summed E-state index contributed by atoms with van der Waals surface area (Å²) < 4.78 is 11.0. The van der Waals surface area contributed by atoms with E-state index in [1.54, 1.807) is 4.90 Å². The molecule has 2 aliphatic heterocycles. The third-order valence-corrected chi connectivity index (χ3v) is 3.72. The zero-order valence-electron chi connectivity index (χ0n) is 13.3. The number of nitrogens with zero attached hydrogens (tertiary/aromatic N) is 1. The van der Waals surface area contributed by atoms with Crippen LogP contribution in [-0.4, -0.2) is 43.8 Å². The number of benzene rings is 1. The van der Waals surface area contributed by atoms with E-state index < -0.39 is 0 Å². The number of carbonyl (C=O) groups is 2. The van der Waals surface area contributed by atoms with Crippen molar-refractivity contribution in [1.82, 2.24) is 10.6 Å². The Morgan fingerprint density at radius 3 is 2.74 bits per heavy atom. The Hall–Kier alpha value is -2.44. The molecule has 0 aliphatic carbocycles. The molecule has 3 amide bonds. The molecule has 3 rings (SSSR count). The molecule has 7 heteroatoms. The van der Waals surface area contributed by atoms with Crippen LogP contribution in [0.1, 0.15) is 20.3 Å². The highest BCUT2D eigenvalue weighted by Crippen LogP contribution is 2.35. The second-order valence-corrected chi connectivity index (χ2v) is 6.01. The predicted molar refractivity (Wildman–Crippen MR) is 85.0 cm³/mol. The summed E-state index contributed by atoms with van der Waals surface area (Å²) >= 11 is 0. The molecule has 1 atom stereocenters. The molecule has 2 aliphatic rings. The number of anilines is 1. The Morgan fingerprint density at radius 2 is 2.00 bits per heavy atom. The molecule has 0 saturated carbocycles. The summed E-state index contributed by atoms with van der Waals surface area (Å²) in [5.74, 6) is 1.32. The first kappa shape index (κ1) is 15.5. The van der Waals surface area contributed by atoms with Crippen molar-refractivity contribution < 1.29 is 19.1 Å². The van der Waals surface area contributed by atoms with Gasteiger partial charge in [0.1, 0.15) is 13.2 Å². The summed E-state index contributed by atoms with van der Waals surface area (Å²) in [6.45, 7) is 5.27. The van der Waals surface area contributed by atoms with Crippen molar-refractivity contribution in [2.75, 3.05) is 24.7 Å². The van der Waals surface area contributed by atoms with Crippen LogP contribution in [0.4, 0.5) is 10.5 Å². The number of ether oxygens (including phenoxy) is 2. The Kier molecular flexibility index (Phi) is 4.27. The minimum Gasteiger partial charge on any atom is -0.486 e. The van der Waals surface area contributed by atoms with Crippen LogP contribution in [0.5, 0.6) is 11.5 Å². The van der Waals surface area contributed by atoms with Crippen LogP contribution >= 0.6 is 0 Å². The third kappa shape index (κ3) is 3.49. The van der Waals surface area contributed by atoms with Gasteiger partial charge in [-0.15, -0.1) is 0 Å².